The Kier molecular flexibility index (Phi) is 3.27. The second-order valence-corrected chi connectivity index (χ2v) is 4.70. The van der Waals surface area contributed by atoms with Crippen molar-refractivity contribution in [3.05, 3.63) is 21.6 Å². The number of aromatic nitrogens is 2. The summed E-state index contributed by atoms with van der Waals surface area (Å²) in [6, 6.07) is -0.582. The van der Waals surface area contributed by atoms with Crippen molar-refractivity contribution in [2.24, 2.45) is 0 Å². The molecule has 1 aromatic rings. The average molecular weight is 264 g/mol. The van der Waals surface area contributed by atoms with E-state index in [-0.39, 0.29) is 5.56 Å². The molecule has 0 amide bonds. The van der Waals surface area contributed by atoms with Gasteiger partial charge < -0.3 is 5.11 Å². The van der Waals surface area contributed by atoms with Crippen molar-refractivity contribution in [2.45, 2.75) is 50.9 Å². The topological polar surface area (TPSA) is 58.0 Å². The fourth-order valence-electron chi connectivity index (χ4n) is 2.45. The predicted molar refractivity (Wildman–Crippen MR) is 58.3 cm³/mol. The van der Waals surface area contributed by atoms with Gasteiger partial charge in [-0.15, -0.1) is 0 Å². The van der Waals surface area contributed by atoms with Gasteiger partial charge in [-0.1, -0.05) is 12.8 Å². The van der Waals surface area contributed by atoms with Gasteiger partial charge in [0.2, 0.25) is 0 Å². The van der Waals surface area contributed by atoms with E-state index in [9.17, 15) is 23.1 Å². The predicted octanol–water partition coefficient (Wildman–Crippen LogP) is 1.98. The Bertz CT molecular complexity index is 489. The number of halogens is 3. The van der Waals surface area contributed by atoms with Crippen LogP contribution in [0.25, 0.3) is 0 Å². The highest BCUT2D eigenvalue weighted by molar-refractivity contribution is 5.18. The van der Waals surface area contributed by atoms with Gasteiger partial charge in [0.15, 0.2) is 0 Å². The van der Waals surface area contributed by atoms with Gasteiger partial charge in [0.25, 0.3) is 5.56 Å². The van der Waals surface area contributed by atoms with Gasteiger partial charge in [-0.25, -0.2) is 4.68 Å². The summed E-state index contributed by atoms with van der Waals surface area (Å²) in [7, 11) is 0. The molecule has 1 fully saturated rings. The molecule has 1 aromatic heterocycles. The van der Waals surface area contributed by atoms with E-state index in [1.165, 1.54) is 0 Å². The Hall–Kier alpha value is -1.24. The molecule has 102 valence electrons. The first-order valence-electron chi connectivity index (χ1n) is 5.88. The van der Waals surface area contributed by atoms with Crippen LogP contribution in [-0.2, 0) is 6.18 Å². The second-order valence-electron chi connectivity index (χ2n) is 4.70. The van der Waals surface area contributed by atoms with Crippen LogP contribution in [0, 0.1) is 6.92 Å². The molecule has 1 aliphatic carbocycles. The highest BCUT2D eigenvalue weighted by atomic mass is 19.4. The Labute approximate surface area is 101 Å². The fraction of sp³-hybridized carbons (Fsp3) is 0.727. The molecule has 2 unspecified atom stereocenters. The molecule has 0 spiro atoms. The zero-order valence-electron chi connectivity index (χ0n) is 9.92. The quantitative estimate of drug-likeness (QED) is 0.814. The standard InChI is InChI=1S/C11H15F3N2O2/c1-6-9(11(12,13)14)15-16(10(6)18)7-4-2-3-5-8(7)17/h7-8,15,17H,2-5H2,1H3. The van der Waals surface area contributed by atoms with Crippen LogP contribution in [0.4, 0.5) is 13.2 Å². The fourth-order valence-corrected chi connectivity index (χ4v) is 2.45. The summed E-state index contributed by atoms with van der Waals surface area (Å²) >= 11 is 0. The van der Waals surface area contributed by atoms with Crippen molar-refractivity contribution < 1.29 is 18.3 Å². The molecule has 0 saturated heterocycles. The third-order valence-electron chi connectivity index (χ3n) is 3.46. The molecular weight excluding hydrogens is 249 g/mol. The first-order valence-corrected chi connectivity index (χ1v) is 5.88. The van der Waals surface area contributed by atoms with Crippen LogP contribution >= 0.6 is 0 Å². The highest BCUT2D eigenvalue weighted by Crippen LogP contribution is 2.32. The summed E-state index contributed by atoms with van der Waals surface area (Å²) in [6.45, 7) is 1.15. The monoisotopic (exact) mass is 264 g/mol. The summed E-state index contributed by atoms with van der Waals surface area (Å²) in [5.41, 5.74) is -2.07. The van der Waals surface area contributed by atoms with Gasteiger partial charge in [-0.3, -0.25) is 9.89 Å². The van der Waals surface area contributed by atoms with Gasteiger partial charge in [-0.05, 0) is 19.8 Å². The third kappa shape index (κ3) is 2.19. The summed E-state index contributed by atoms with van der Waals surface area (Å²) < 4.78 is 38.9. The first-order chi connectivity index (χ1) is 8.32. The van der Waals surface area contributed by atoms with E-state index in [1.807, 2.05) is 0 Å². The number of nitrogens with zero attached hydrogens (tertiary/aromatic N) is 1. The molecule has 2 atom stereocenters. The Balaban J connectivity index is 2.43. The van der Waals surface area contributed by atoms with Crippen LogP contribution in [0.5, 0.6) is 0 Å². The summed E-state index contributed by atoms with van der Waals surface area (Å²) in [4.78, 5) is 11.8. The smallest absolute Gasteiger partial charge is 0.391 e. The van der Waals surface area contributed by atoms with Crippen molar-refractivity contribution in [3.63, 3.8) is 0 Å². The van der Waals surface area contributed by atoms with Crippen molar-refractivity contribution in [3.8, 4) is 0 Å². The Morgan fingerprint density at radius 1 is 1.33 bits per heavy atom. The minimum absolute atomic E-state index is 0.347. The minimum atomic E-state index is -4.58. The number of aliphatic hydroxyl groups is 1. The molecule has 0 aliphatic heterocycles. The number of aromatic amines is 1. The average Bonchev–Trinajstić information content (AvgIpc) is 2.57. The molecule has 2 N–H and O–H groups in total. The zero-order valence-corrected chi connectivity index (χ0v) is 9.92. The molecule has 1 aliphatic rings. The van der Waals surface area contributed by atoms with Crippen molar-refractivity contribution in [1.29, 1.82) is 0 Å². The van der Waals surface area contributed by atoms with E-state index in [2.05, 4.69) is 5.10 Å². The van der Waals surface area contributed by atoms with Crippen molar-refractivity contribution >= 4 is 0 Å². The molecule has 0 bridgehead atoms. The van der Waals surface area contributed by atoms with E-state index >= 15 is 0 Å². The van der Waals surface area contributed by atoms with Crippen LogP contribution in [0.2, 0.25) is 0 Å². The van der Waals surface area contributed by atoms with E-state index in [0.29, 0.717) is 12.8 Å². The highest BCUT2D eigenvalue weighted by Gasteiger charge is 2.38. The second kappa shape index (κ2) is 4.46. The number of hydrogen-bond donors (Lipinski definition) is 2. The van der Waals surface area contributed by atoms with Crippen LogP contribution in [0.15, 0.2) is 4.79 Å². The molecule has 1 saturated carbocycles. The van der Waals surface area contributed by atoms with E-state index in [0.717, 1.165) is 24.4 Å². The summed E-state index contributed by atoms with van der Waals surface area (Å²) in [6.07, 6.45) is -2.69. The van der Waals surface area contributed by atoms with Crippen LogP contribution in [0.1, 0.15) is 43.0 Å². The van der Waals surface area contributed by atoms with E-state index in [4.69, 9.17) is 0 Å². The first kappa shape index (κ1) is 13.2. The normalized spacial score (nSPS) is 25.4. The lowest BCUT2D eigenvalue weighted by molar-refractivity contribution is -0.142. The maximum Gasteiger partial charge on any atom is 0.433 e. The lowest BCUT2D eigenvalue weighted by Gasteiger charge is -2.27. The summed E-state index contributed by atoms with van der Waals surface area (Å²) in [5, 5.41) is 11.9. The number of alkyl halides is 3. The SMILES string of the molecule is Cc1c(C(F)(F)F)[nH]n(C2CCCCC2O)c1=O. The Morgan fingerprint density at radius 2 is 1.94 bits per heavy atom. The Morgan fingerprint density at radius 3 is 2.44 bits per heavy atom. The molecule has 7 heteroatoms. The number of nitrogens with one attached hydrogen (secondary N) is 1. The third-order valence-corrected chi connectivity index (χ3v) is 3.46. The van der Waals surface area contributed by atoms with Gasteiger partial charge in [0, 0.05) is 5.56 Å². The molecule has 1 heterocycles. The minimum Gasteiger partial charge on any atom is -0.391 e. The van der Waals surface area contributed by atoms with Crippen molar-refractivity contribution in [1.82, 2.24) is 9.78 Å². The molecular formula is C11H15F3N2O2. The lowest BCUT2D eigenvalue weighted by atomic mass is 9.93. The van der Waals surface area contributed by atoms with Gasteiger partial charge in [-0.2, -0.15) is 13.2 Å². The van der Waals surface area contributed by atoms with E-state index in [1.54, 1.807) is 0 Å². The van der Waals surface area contributed by atoms with Gasteiger partial charge >= 0.3 is 6.18 Å². The molecule has 0 radical (unpaired) electrons. The van der Waals surface area contributed by atoms with Gasteiger partial charge in [0.1, 0.15) is 5.69 Å². The van der Waals surface area contributed by atoms with Gasteiger partial charge in [0.05, 0.1) is 12.1 Å². The van der Waals surface area contributed by atoms with Crippen LogP contribution < -0.4 is 5.56 Å². The molecule has 2 rings (SSSR count). The maximum absolute atomic E-state index is 12.7. The van der Waals surface area contributed by atoms with E-state index < -0.39 is 29.6 Å². The lowest BCUT2D eigenvalue weighted by Crippen LogP contribution is -2.34. The number of rotatable bonds is 1. The zero-order chi connectivity index (χ0) is 13.5. The van der Waals surface area contributed by atoms with Crippen molar-refractivity contribution in [2.75, 3.05) is 0 Å². The molecule has 4 nitrogen and oxygen atoms in total. The van der Waals surface area contributed by atoms with Crippen LogP contribution in [0.3, 0.4) is 0 Å². The number of aliphatic hydroxyl groups excluding tert-OH is 1. The number of hydrogen-bond acceptors (Lipinski definition) is 2. The summed E-state index contributed by atoms with van der Waals surface area (Å²) in [5.74, 6) is 0. The van der Waals surface area contributed by atoms with Crippen LogP contribution in [-0.4, -0.2) is 21.0 Å². The molecule has 0 aromatic carbocycles. The number of H-pyrrole nitrogens is 1. The maximum atomic E-state index is 12.7. The molecule has 18 heavy (non-hydrogen) atoms. The largest absolute Gasteiger partial charge is 0.433 e.